The quantitative estimate of drug-likeness (QED) is 0.603. The second-order valence-electron chi connectivity index (χ2n) is 7.91. The van der Waals surface area contributed by atoms with Gasteiger partial charge in [-0.3, -0.25) is 14.8 Å². The molecule has 0 spiro atoms. The van der Waals surface area contributed by atoms with Crippen molar-refractivity contribution in [2.45, 2.75) is 32.0 Å². The molecule has 0 aromatic carbocycles. The van der Waals surface area contributed by atoms with Crippen molar-refractivity contribution in [1.82, 2.24) is 24.8 Å². The number of aromatic nitrogens is 3. The first-order valence-corrected chi connectivity index (χ1v) is 10.5. The van der Waals surface area contributed by atoms with Gasteiger partial charge in [0.15, 0.2) is 11.5 Å². The molecule has 0 bridgehead atoms. The molecule has 3 aromatic rings. The molecular weight excluding hydrogens is 437 g/mol. The van der Waals surface area contributed by atoms with E-state index >= 15 is 0 Å². The number of hydrogen-bond donors (Lipinski definition) is 1. The molecule has 2 aliphatic rings. The van der Waals surface area contributed by atoms with Gasteiger partial charge in [-0.25, -0.2) is 4.39 Å². The number of nitrogens with zero attached hydrogens (tertiary/aromatic N) is 4. The van der Waals surface area contributed by atoms with E-state index in [1.807, 2.05) is 6.07 Å². The van der Waals surface area contributed by atoms with Gasteiger partial charge in [0.05, 0.1) is 29.1 Å². The Morgan fingerprint density at radius 1 is 1.06 bits per heavy atom. The highest BCUT2D eigenvalue weighted by Gasteiger charge is 2.20. The minimum Gasteiger partial charge on any atom is -0.453 e. The fraction of sp³-hybridized carbons (Fsp3) is 0.409. The van der Waals surface area contributed by atoms with E-state index in [1.165, 1.54) is 18.3 Å². The molecule has 32 heavy (non-hydrogen) atoms. The van der Waals surface area contributed by atoms with Crippen LogP contribution in [-0.4, -0.2) is 51.9 Å². The first-order valence-electron chi connectivity index (χ1n) is 10.5. The average Bonchev–Trinajstić information content (AvgIpc) is 3.26. The Labute approximate surface area is 190 Å². The van der Waals surface area contributed by atoms with Crippen molar-refractivity contribution in [2.24, 2.45) is 0 Å². The predicted molar refractivity (Wildman–Crippen MR) is 120 cm³/mol. The van der Waals surface area contributed by atoms with Crippen molar-refractivity contribution in [1.29, 1.82) is 0 Å². The maximum Gasteiger partial charge on any atom is 0.251 e. The molecule has 1 fully saturated rings. The molecule has 3 aromatic heterocycles. The third-order valence-corrected chi connectivity index (χ3v) is 5.92. The summed E-state index contributed by atoms with van der Waals surface area (Å²) >= 11 is 0. The van der Waals surface area contributed by atoms with Crippen LogP contribution in [0.15, 0.2) is 41.5 Å². The zero-order valence-electron chi connectivity index (χ0n) is 17.5. The maximum atomic E-state index is 13.6. The minimum absolute atomic E-state index is 0. The van der Waals surface area contributed by atoms with Crippen LogP contribution in [0.3, 0.4) is 0 Å². The molecule has 0 aliphatic carbocycles. The van der Waals surface area contributed by atoms with Crippen molar-refractivity contribution in [3.05, 3.63) is 58.5 Å². The van der Waals surface area contributed by atoms with Crippen LogP contribution >= 0.6 is 12.4 Å². The predicted octanol–water partition coefficient (Wildman–Crippen LogP) is 2.34. The van der Waals surface area contributed by atoms with E-state index in [4.69, 9.17) is 9.47 Å². The number of likely N-dealkylation sites (tertiary alicyclic amines) is 1. The molecule has 170 valence electrons. The van der Waals surface area contributed by atoms with Crippen LogP contribution < -0.4 is 20.3 Å². The summed E-state index contributed by atoms with van der Waals surface area (Å²) in [6, 6.07) is 6.85. The number of rotatable bonds is 6. The van der Waals surface area contributed by atoms with Crippen LogP contribution in [0.5, 0.6) is 11.5 Å². The summed E-state index contributed by atoms with van der Waals surface area (Å²) in [5.74, 6) is 1.01. The van der Waals surface area contributed by atoms with Crippen LogP contribution in [0.25, 0.3) is 11.0 Å². The molecule has 1 saturated heterocycles. The molecule has 1 N–H and O–H groups in total. The molecule has 10 heteroatoms. The zero-order chi connectivity index (χ0) is 21.2. The number of fused-ring (bicyclic) bond motifs is 2. The fourth-order valence-electron chi connectivity index (χ4n) is 4.16. The summed E-state index contributed by atoms with van der Waals surface area (Å²) < 4.78 is 25.9. The number of hydrogen-bond acceptors (Lipinski definition) is 7. The fourth-order valence-corrected chi connectivity index (χ4v) is 4.16. The number of nitrogens with one attached hydrogen (secondary N) is 1. The summed E-state index contributed by atoms with van der Waals surface area (Å²) in [5, 5.41) is 3.57. The lowest BCUT2D eigenvalue weighted by Gasteiger charge is -2.32. The molecular formula is C22H25ClFN5O3. The van der Waals surface area contributed by atoms with Crippen molar-refractivity contribution in [3.8, 4) is 11.5 Å². The van der Waals surface area contributed by atoms with E-state index in [0.717, 1.165) is 43.9 Å². The Hall–Kier alpha value is -2.75. The number of ether oxygens (including phenoxy) is 2. The molecule has 0 atom stereocenters. The molecule has 5 heterocycles. The maximum absolute atomic E-state index is 13.6. The van der Waals surface area contributed by atoms with E-state index in [2.05, 4.69) is 20.2 Å². The van der Waals surface area contributed by atoms with Crippen LogP contribution in [0.4, 0.5) is 4.39 Å². The minimum atomic E-state index is -0.435. The molecule has 0 amide bonds. The van der Waals surface area contributed by atoms with Gasteiger partial charge < -0.3 is 24.3 Å². The third kappa shape index (κ3) is 4.85. The Bertz CT molecular complexity index is 1150. The highest BCUT2D eigenvalue weighted by molar-refractivity contribution is 5.85. The molecule has 2 aliphatic heterocycles. The van der Waals surface area contributed by atoms with E-state index in [0.29, 0.717) is 35.9 Å². The van der Waals surface area contributed by atoms with Gasteiger partial charge in [-0.15, -0.1) is 12.4 Å². The summed E-state index contributed by atoms with van der Waals surface area (Å²) in [6.07, 6.45) is 4.92. The average molecular weight is 462 g/mol. The molecule has 8 nitrogen and oxygen atoms in total. The second-order valence-corrected chi connectivity index (χ2v) is 7.91. The monoisotopic (exact) mass is 461 g/mol. The van der Waals surface area contributed by atoms with Crippen LogP contribution in [0, 0.1) is 5.82 Å². The Balaban J connectivity index is 0.00000245. The zero-order valence-corrected chi connectivity index (χ0v) is 18.3. The van der Waals surface area contributed by atoms with Crippen LogP contribution in [-0.2, 0) is 13.1 Å². The normalized spacial score (nSPS) is 16.3. The number of piperidine rings is 1. The SMILES string of the molecule is Cl.O=c1ccc2ncc(F)cc2n1CCN1CCC(NCc2cc3c(cn2)OCO3)CC1. The van der Waals surface area contributed by atoms with Crippen LogP contribution in [0.1, 0.15) is 18.5 Å². The van der Waals surface area contributed by atoms with Crippen molar-refractivity contribution in [3.63, 3.8) is 0 Å². The van der Waals surface area contributed by atoms with Gasteiger partial charge in [0.25, 0.3) is 5.56 Å². The number of pyridine rings is 3. The van der Waals surface area contributed by atoms with Gasteiger partial charge in [-0.05, 0) is 32.0 Å². The third-order valence-electron chi connectivity index (χ3n) is 5.92. The standard InChI is InChI=1S/C22H24FN5O3.ClH/c23-15-9-19-18(26-11-15)1-2-22(29)28(19)8-7-27-5-3-16(4-6-27)24-12-17-10-20-21(13-25-17)31-14-30-20;/h1-2,9-11,13,16,24H,3-8,12,14H2;1H. The topological polar surface area (TPSA) is 81.5 Å². The van der Waals surface area contributed by atoms with Gasteiger partial charge in [-0.2, -0.15) is 0 Å². The van der Waals surface area contributed by atoms with Gasteiger partial charge in [0.1, 0.15) is 5.82 Å². The molecule has 0 saturated carbocycles. The summed E-state index contributed by atoms with van der Waals surface area (Å²) in [4.78, 5) is 23.1. The summed E-state index contributed by atoms with van der Waals surface area (Å²) in [7, 11) is 0. The largest absolute Gasteiger partial charge is 0.453 e. The van der Waals surface area contributed by atoms with Crippen molar-refractivity contribution < 1.29 is 13.9 Å². The van der Waals surface area contributed by atoms with E-state index in [9.17, 15) is 9.18 Å². The molecule has 0 unspecified atom stereocenters. The smallest absolute Gasteiger partial charge is 0.251 e. The first-order chi connectivity index (χ1) is 15.2. The Morgan fingerprint density at radius 2 is 1.88 bits per heavy atom. The van der Waals surface area contributed by atoms with E-state index in [-0.39, 0.29) is 24.8 Å². The van der Waals surface area contributed by atoms with E-state index in [1.54, 1.807) is 16.8 Å². The highest BCUT2D eigenvalue weighted by atomic mass is 35.5. The van der Waals surface area contributed by atoms with Crippen LogP contribution in [0.2, 0.25) is 0 Å². The van der Waals surface area contributed by atoms with Gasteiger partial charge in [0, 0.05) is 43.9 Å². The van der Waals surface area contributed by atoms with Gasteiger partial charge in [-0.1, -0.05) is 0 Å². The van der Waals surface area contributed by atoms with E-state index < -0.39 is 5.82 Å². The second kappa shape index (κ2) is 9.81. The van der Waals surface area contributed by atoms with Gasteiger partial charge in [0.2, 0.25) is 6.79 Å². The summed E-state index contributed by atoms with van der Waals surface area (Å²) in [5.41, 5.74) is 1.97. The highest BCUT2D eigenvalue weighted by Crippen LogP contribution is 2.31. The Kier molecular flexibility index (Phi) is 6.88. The van der Waals surface area contributed by atoms with Crippen molar-refractivity contribution in [2.75, 3.05) is 26.4 Å². The Morgan fingerprint density at radius 3 is 2.72 bits per heavy atom. The lowest BCUT2D eigenvalue weighted by atomic mass is 10.0. The first kappa shape index (κ1) is 22.4. The number of halogens is 2. The van der Waals surface area contributed by atoms with Gasteiger partial charge >= 0.3 is 0 Å². The lowest BCUT2D eigenvalue weighted by molar-refractivity contribution is 0.173. The van der Waals surface area contributed by atoms with Crippen molar-refractivity contribution >= 4 is 23.4 Å². The molecule has 0 radical (unpaired) electrons. The lowest BCUT2D eigenvalue weighted by Crippen LogP contribution is -2.43. The summed E-state index contributed by atoms with van der Waals surface area (Å²) in [6.45, 7) is 4.08. The molecule has 5 rings (SSSR count).